The summed E-state index contributed by atoms with van der Waals surface area (Å²) in [5.41, 5.74) is 7.78. The molecule has 20 heavy (non-hydrogen) atoms. The minimum Gasteiger partial charge on any atom is -0.507 e. The van der Waals surface area contributed by atoms with Crippen LogP contribution in [0.3, 0.4) is 0 Å². The number of para-hydroxylation sites is 1. The molecule has 3 N–H and O–H groups in total. The van der Waals surface area contributed by atoms with E-state index in [2.05, 4.69) is 17.4 Å². The number of carbonyl (C=O) groups excluding carboxylic acids is 1. The van der Waals surface area contributed by atoms with Crippen LogP contribution >= 0.6 is 0 Å². The van der Waals surface area contributed by atoms with Crippen LogP contribution in [-0.2, 0) is 0 Å². The third-order valence-electron chi connectivity index (χ3n) is 2.84. The van der Waals surface area contributed by atoms with Crippen LogP contribution in [0.4, 0.5) is 0 Å². The topological polar surface area (TPSA) is 61.4 Å². The second kappa shape index (κ2) is 5.93. The largest absolute Gasteiger partial charge is 0.507 e. The fraction of sp³-hybridized carbons (Fsp3) is 0.0625. The number of rotatable bonds is 4. The Morgan fingerprint density at radius 2 is 1.85 bits per heavy atom. The summed E-state index contributed by atoms with van der Waals surface area (Å²) in [6, 6.07) is 14.0. The first kappa shape index (κ1) is 13.7. The van der Waals surface area contributed by atoms with E-state index in [4.69, 9.17) is 0 Å². The Kier molecular flexibility index (Phi) is 4.05. The molecular weight excluding hydrogens is 252 g/mol. The van der Waals surface area contributed by atoms with Crippen molar-refractivity contribution in [2.24, 2.45) is 0 Å². The van der Waals surface area contributed by atoms with Crippen molar-refractivity contribution in [2.45, 2.75) is 6.92 Å². The van der Waals surface area contributed by atoms with Crippen molar-refractivity contribution in [3.63, 3.8) is 0 Å². The highest BCUT2D eigenvalue weighted by Crippen LogP contribution is 2.20. The van der Waals surface area contributed by atoms with E-state index >= 15 is 0 Å². The number of aromatic hydroxyl groups is 1. The summed E-state index contributed by atoms with van der Waals surface area (Å²) in [5.74, 6) is -0.153. The maximum Gasteiger partial charge on any atom is 0.269 e. The average molecular weight is 268 g/mol. The molecule has 0 aliphatic heterocycles. The van der Waals surface area contributed by atoms with Gasteiger partial charge in [-0.2, -0.15) is 0 Å². The van der Waals surface area contributed by atoms with Gasteiger partial charge < -0.3 is 5.11 Å². The quantitative estimate of drug-likeness (QED) is 0.747. The predicted molar refractivity (Wildman–Crippen MR) is 78.9 cm³/mol. The molecule has 0 radical (unpaired) electrons. The van der Waals surface area contributed by atoms with Gasteiger partial charge in [0.25, 0.3) is 5.91 Å². The predicted octanol–water partition coefficient (Wildman–Crippen LogP) is 2.61. The summed E-state index contributed by atoms with van der Waals surface area (Å²) in [5, 5.41) is 9.69. The molecule has 1 amide bonds. The number of benzene rings is 2. The zero-order valence-corrected chi connectivity index (χ0v) is 11.2. The highest BCUT2D eigenvalue weighted by Gasteiger charge is 2.07. The number of nitrogens with one attached hydrogen (secondary N) is 2. The van der Waals surface area contributed by atoms with Gasteiger partial charge in [0.1, 0.15) is 5.75 Å². The second-order valence-electron chi connectivity index (χ2n) is 4.44. The standard InChI is InChI=1S/C16H16N2O2/c1-11-6-5-7-13(10-11)16(20)18-17-12(2)14-8-3-4-9-15(14)19/h3-10,17,19H,2H2,1H3,(H,18,20). The Bertz CT molecular complexity index is 650. The van der Waals surface area contributed by atoms with Gasteiger partial charge in [-0.05, 0) is 31.2 Å². The van der Waals surface area contributed by atoms with Gasteiger partial charge >= 0.3 is 0 Å². The molecule has 0 aliphatic carbocycles. The summed E-state index contributed by atoms with van der Waals surface area (Å²) < 4.78 is 0. The monoisotopic (exact) mass is 268 g/mol. The molecule has 102 valence electrons. The zero-order chi connectivity index (χ0) is 14.5. The Hall–Kier alpha value is -2.75. The van der Waals surface area contributed by atoms with Crippen LogP contribution in [0.15, 0.2) is 55.1 Å². The second-order valence-corrected chi connectivity index (χ2v) is 4.44. The van der Waals surface area contributed by atoms with Crippen molar-refractivity contribution in [2.75, 3.05) is 0 Å². The van der Waals surface area contributed by atoms with Gasteiger partial charge in [-0.1, -0.05) is 36.4 Å². The lowest BCUT2D eigenvalue weighted by Gasteiger charge is -2.12. The van der Waals surface area contributed by atoms with Gasteiger partial charge in [-0.3, -0.25) is 15.6 Å². The molecule has 0 heterocycles. The van der Waals surface area contributed by atoms with Crippen molar-refractivity contribution in [3.8, 4) is 5.75 Å². The number of carbonyl (C=O) groups is 1. The maximum atomic E-state index is 11.9. The Morgan fingerprint density at radius 3 is 2.55 bits per heavy atom. The summed E-state index contributed by atoms with van der Waals surface area (Å²) in [6.45, 7) is 5.70. The number of hydrogen-bond acceptors (Lipinski definition) is 3. The summed E-state index contributed by atoms with van der Waals surface area (Å²) >= 11 is 0. The molecule has 2 aromatic carbocycles. The fourth-order valence-corrected chi connectivity index (χ4v) is 1.79. The maximum absolute atomic E-state index is 11.9. The average Bonchev–Trinajstić information content (AvgIpc) is 2.45. The highest BCUT2D eigenvalue weighted by atomic mass is 16.3. The van der Waals surface area contributed by atoms with Crippen molar-refractivity contribution < 1.29 is 9.90 Å². The minimum absolute atomic E-state index is 0.106. The molecular formula is C16H16N2O2. The normalized spacial score (nSPS) is 9.85. The minimum atomic E-state index is -0.259. The summed E-state index contributed by atoms with van der Waals surface area (Å²) in [4.78, 5) is 11.9. The van der Waals surface area contributed by atoms with Crippen LogP contribution in [0.25, 0.3) is 5.70 Å². The number of hydrogen-bond donors (Lipinski definition) is 3. The Balaban J connectivity index is 2.01. The number of phenolic OH excluding ortho intramolecular Hbond substituents is 1. The van der Waals surface area contributed by atoms with E-state index in [-0.39, 0.29) is 11.7 Å². The molecule has 0 saturated heterocycles. The molecule has 4 heteroatoms. The van der Waals surface area contributed by atoms with Gasteiger partial charge in [0.15, 0.2) is 0 Å². The molecule has 4 nitrogen and oxygen atoms in total. The number of hydrazine groups is 1. The van der Waals surface area contributed by atoms with E-state index in [1.165, 1.54) is 0 Å². The molecule has 0 bridgehead atoms. The SMILES string of the molecule is C=C(NNC(=O)c1cccc(C)c1)c1ccccc1O. The zero-order valence-electron chi connectivity index (χ0n) is 11.2. The summed E-state index contributed by atoms with van der Waals surface area (Å²) in [6.07, 6.45) is 0. The third-order valence-corrected chi connectivity index (χ3v) is 2.84. The van der Waals surface area contributed by atoms with E-state index in [9.17, 15) is 9.90 Å². The molecule has 2 aromatic rings. The van der Waals surface area contributed by atoms with Crippen LogP contribution in [-0.4, -0.2) is 11.0 Å². The molecule has 2 rings (SSSR count). The van der Waals surface area contributed by atoms with Crippen molar-refractivity contribution in [1.82, 2.24) is 10.9 Å². The van der Waals surface area contributed by atoms with Crippen LogP contribution in [0.1, 0.15) is 21.5 Å². The van der Waals surface area contributed by atoms with Gasteiger partial charge in [0, 0.05) is 11.1 Å². The van der Waals surface area contributed by atoms with Gasteiger partial charge in [-0.25, -0.2) is 0 Å². The molecule has 0 saturated carbocycles. The molecule has 0 unspecified atom stereocenters. The molecule has 0 aromatic heterocycles. The van der Waals surface area contributed by atoms with Crippen molar-refractivity contribution >= 4 is 11.6 Å². The van der Waals surface area contributed by atoms with Crippen molar-refractivity contribution in [1.29, 1.82) is 0 Å². The Morgan fingerprint density at radius 1 is 1.10 bits per heavy atom. The lowest BCUT2D eigenvalue weighted by Crippen LogP contribution is -2.35. The van der Waals surface area contributed by atoms with Crippen LogP contribution in [0.2, 0.25) is 0 Å². The molecule has 0 aliphatic rings. The van der Waals surface area contributed by atoms with E-state index < -0.39 is 0 Å². The first-order valence-corrected chi connectivity index (χ1v) is 6.18. The third kappa shape index (κ3) is 3.17. The van der Waals surface area contributed by atoms with E-state index in [0.29, 0.717) is 16.8 Å². The van der Waals surface area contributed by atoms with E-state index in [1.54, 1.807) is 36.4 Å². The number of amides is 1. The summed E-state index contributed by atoms with van der Waals surface area (Å²) in [7, 11) is 0. The number of phenols is 1. The van der Waals surface area contributed by atoms with Crippen LogP contribution in [0, 0.1) is 6.92 Å². The lowest BCUT2D eigenvalue weighted by molar-refractivity contribution is 0.0942. The number of aryl methyl sites for hydroxylation is 1. The molecule has 0 atom stereocenters. The molecule has 0 spiro atoms. The molecule has 0 fully saturated rings. The fourth-order valence-electron chi connectivity index (χ4n) is 1.79. The lowest BCUT2D eigenvalue weighted by atomic mass is 10.1. The van der Waals surface area contributed by atoms with E-state index in [0.717, 1.165) is 5.56 Å². The van der Waals surface area contributed by atoms with Crippen LogP contribution < -0.4 is 10.9 Å². The van der Waals surface area contributed by atoms with Crippen LogP contribution in [0.5, 0.6) is 5.75 Å². The van der Waals surface area contributed by atoms with Crippen molar-refractivity contribution in [3.05, 3.63) is 71.8 Å². The first-order chi connectivity index (χ1) is 9.58. The van der Waals surface area contributed by atoms with E-state index in [1.807, 2.05) is 19.1 Å². The highest BCUT2D eigenvalue weighted by molar-refractivity contribution is 5.94. The van der Waals surface area contributed by atoms with Gasteiger partial charge in [0.05, 0.1) is 5.70 Å². The smallest absolute Gasteiger partial charge is 0.269 e. The Labute approximate surface area is 117 Å². The van der Waals surface area contributed by atoms with Gasteiger partial charge in [-0.15, -0.1) is 0 Å². The van der Waals surface area contributed by atoms with Gasteiger partial charge in [0.2, 0.25) is 0 Å². The first-order valence-electron chi connectivity index (χ1n) is 6.18.